The van der Waals surface area contributed by atoms with E-state index in [2.05, 4.69) is 0 Å². The van der Waals surface area contributed by atoms with Crippen LogP contribution in [0.5, 0.6) is 5.75 Å². The summed E-state index contributed by atoms with van der Waals surface area (Å²) in [6.45, 7) is -0.593. The van der Waals surface area contributed by atoms with Gasteiger partial charge in [0, 0.05) is 12.3 Å². The molecule has 4 atom stereocenters. The number of carbonyl (C=O) groups excluding carboxylic acids is 2. The molecule has 3 aliphatic rings. The van der Waals surface area contributed by atoms with Gasteiger partial charge in [0.05, 0.1) is 24.9 Å². The van der Waals surface area contributed by atoms with Gasteiger partial charge in [-0.2, -0.15) is 0 Å². The number of amides is 2. The van der Waals surface area contributed by atoms with Crippen molar-refractivity contribution < 1.29 is 41.4 Å². The molecule has 7 rings (SSSR count). The van der Waals surface area contributed by atoms with Crippen LogP contribution in [0.2, 0.25) is 0 Å². The standard InChI is InChI=1S/C32H21Cl2F5N4O6/c33-31-14-19-18(10-11-40-29(47)41(30(48)43(19)40)16-4-2-1-3-5-16)20(15-6-8-17(9-7-15)49-13-12-44)32(31,34)28(46)42(27(31)45)26-24(38)22(36)21(35)23(37)25(26)39/h1-10,19-20,44H,11-14H2. The molecule has 49 heavy (non-hydrogen) atoms. The summed E-state index contributed by atoms with van der Waals surface area (Å²) in [6, 6.07) is 12.4. The Labute approximate surface area is 281 Å². The number of aliphatic hydroxyl groups is 1. The molecular weight excluding hydrogens is 702 g/mol. The number of fused-ring (bicyclic) bond motifs is 4. The molecule has 4 unspecified atom stereocenters. The minimum Gasteiger partial charge on any atom is -0.491 e. The van der Waals surface area contributed by atoms with Gasteiger partial charge in [-0.05, 0) is 35.4 Å². The van der Waals surface area contributed by atoms with Crippen LogP contribution in [0.3, 0.4) is 0 Å². The summed E-state index contributed by atoms with van der Waals surface area (Å²) >= 11 is 14.2. The number of rotatable bonds is 6. The number of carbonyl (C=O) groups is 2. The number of hydrogen-bond acceptors (Lipinski definition) is 6. The topological polar surface area (TPSA) is 116 Å². The van der Waals surface area contributed by atoms with E-state index in [0.29, 0.717) is 0 Å². The molecule has 254 valence electrons. The van der Waals surface area contributed by atoms with E-state index in [1.165, 1.54) is 42.5 Å². The third-order valence-electron chi connectivity index (χ3n) is 9.08. The van der Waals surface area contributed by atoms with Crippen LogP contribution in [0.4, 0.5) is 27.6 Å². The highest BCUT2D eigenvalue weighted by Gasteiger charge is 2.76. The highest BCUT2D eigenvalue weighted by molar-refractivity contribution is 6.58. The molecule has 0 spiro atoms. The normalized spacial score (nSPS) is 24.4. The lowest BCUT2D eigenvalue weighted by molar-refractivity contribution is -0.122. The van der Waals surface area contributed by atoms with Crippen LogP contribution in [0.15, 0.2) is 75.8 Å². The van der Waals surface area contributed by atoms with Crippen LogP contribution in [0.25, 0.3) is 5.69 Å². The van der Waals surface area contributed by atoms with Gasteiger partial charge in [-0.3, -0.25) is 9.59 Å². The molecule has 10 nitrogen and oxygen atoms in total. The van der Waals surface area contributed by atoms with Crippen LogP contribution in [-0.2, 0) is 16.1 Å². The summed E-state index contributed by atoms with van der Waals surface area (Å²) in [7, 11) is 0. The van der Waals surface area contributed by atoms with Crippen molar-refractivity contribution in [2.24, 2.45) is 0 Å². The third-order valence-corrected chi connectivity index (χ3v) is 10.5. The molecule has 2 fully saturated rings. The molecule has 1 saturated heterocycles. The van der Waals surface area contributed by atoms with Crippen LogP contribution in [-0.4, -0.2) is 53.8 Å². The summed E-state index contributed by atoms with van der Waals surface area (Å²) < 4.78 is 81.5. The predicted molar refractivity (Wildman–Crippen MR) is 164 cm³/mol. The Balaban J connectivity index is 1.46. The van der Waals surface area contributed by atoms with Crippen molar-refractivity contribution in [1.82, 2.24) is 13.9 Å². The van der Waals surface area contributed by atoms with E-state index < -0.39 is 86.1 Å². The van der Waals surface area contributed by atoms with E-state index in [0.717, 1.165) is 13.9 Å². The minimum absolute atomic E-state index is 0.0665. The molecule has 1 aromatic heterocycles. The van der Waals surface area contributed by atoms with E-state index in [1.54, 1.807) is 18.2 Å². The molecule has 1 saturated carbocycles. The number of anilines is 1. The number of hydrogen-bond donors (Lipinski definition) is 1. The summed E-state index contributed by atoms with van der Waals surface area (Å²) in [6.07, 6.45) is 0.786. The van der Waals surface area contributed by atoms with Crippen molar-refractivity contribution >= 4 is 40.7 Å². The summed E-state index contributed by atoms with van der Waals surface area (Å²) in [4.78, 5) is 50.4. The number of aromatic nitrogens is 3. The molecular formula is C32H21Cl2F5N4O6. The monoisotopic (exact) mass is 722 g/mol. The lowest BCUT2D eigenvalue weighted by atomic mass is 9.64. The van der Waals surface area contributed by atoms with Crippen molar-refractivity contribution in [1.29, 1.82) is 0 Å². The van der Waals surface area contributed by atoms with Gasteiger partial charge in [0.15, 0.2) is 33.0 Å². The quantitative estimate of drug-likeness (QED) is 0.0802. The molecule has 0 radical (unpaired) electrons. The van der Waals surface area contributed by atoms with Crippen LogP contribution < -0.4 is 21.0 Å². The maximum absolute atomic E-state index is 15.2. The number of ether oxygens (including phenoxy) is 1. The van der Waals surface area contributed by atoms with E-state index in [4.69, 9.17) is 33.0 Å². The molecule has 1 aliphatic carbocycles. The van der Waals surface area contributed by atoms with E-state index in [1.807, 2.05) is 0 Å². The maximum atomic E-state index is 15.2. The first-order chi connectivity index (χ1) is 23.3. The second kappa shape index (κ2) is 11.4. The van der Waals surface area contributed by atoms with Crippen molar-refractivity contribution in [3.05, 3.63) is 122 Å². The van der Waals surface area contributed by atoms with E-state index in [-0.39, 0.29) is 47.2 Å². The Morgan fingerprint density at radius 1 is 0.816 bits per heavy atom. The van der Waals surface area contributed by atoms with Crippen LogP contribution in [0, 0.1) is 29.1 Å². The lowest BCUT2D eigenvalue weighted by Crippen LogP contribution is -2.59. The van der Waals surface area contributed by atoms with Crippen LogP contribution >= 0.6 is 23.2 Å². The predicted octanol–water partition coefficient (Wildman–Crippen LogP) is 4.06. The summed E-state index contributed by atoms with van der Waals surface area (Å²) in [5, 5.41) is 9.12. The molecule has 3 aromatic carbocycles. The van der Waals surface area contributed by atoms with Gasteiger partial charge in [0.1, 0.15) is 18.0 Å². The van der Waals surface area contributed by atoms with Gasteiger partial charge in [-0.15, -0.1) is 23.2 Å². The zero-order valence-corrected chi connectivity index (χ0v) is 26.2. The Bertz CT molecular complexity index is 2190. The average molecular weight is 723 g/mol. The minimum atomic E-state index is -2.68. The second-order valence-electron chi connectivity index (χ2n) is 11.5. The molecule has 2 aliphatic heterocycles. The number of para-hydroxylation sites is 1. The van der Waals surface area contributed by atoms with Gasteiger partial charge >= 0.3 is 11.4 Å². The molecule has 4 aromatic rings. The zero-order chi connectivity index (χ0) is 35.2. The second-order valence-corrected chi connectivity index (χ2v) is 12.8. The number of nitrogens with zero attached hydrogens (tertiary/aromatic N) is 4. The largest absolute Gasteiger partial charge is 0.491 e. The van der Waals surface area contributed by atoms with Crippen molar-refractivity contribution in [2.45, 2.75) is 34.7 Å². The Morgan fingerprint density at radius 2 is 1.43 bits per heavy atom. The zero-order valence-electron chi connectivity index (χ0n) is 24.7. The Hall–Kier alpha value is -4.73. The van der Waals surface area contributed by atoms with Crippen molar-refractivity contribution in [3.63, 3.8) is 0 Å². The molecule has 3 heterocycles. The number of alkyl halides is 2. The van der Waals surface area contributed by atoms with E-state index >= 15 is 8.78 Å². The first kappa shape index (κ1) is 32.8. The number of benzene rings is 3. The first-order valence-corrected chi connectivity index (χ1v) is 15.4. The molecule has 17 heteroatoms. The van der Waals surface area contributed by atoms with Gasteiger partial charge in [-0.25, -0.2) is 50.4 Å². The van der Waals surface area contributed by atoms with Crippen molar-refractivity contribution in [3.8, 4) is 11.4 Å². The summed E-state index contributed by atoms with van der Waals surface area (Å²) in [5.41, 5.74) is -2.86. The molecule has 2 amide bonds. The number of aliphatic hydroxyl groups excluding tert-OH is 1. The SMILES string of the molecule is O=C1N(c2c(F)c(F)c(F)c(F)c2F)C(=O)C2(Cl)C(c3ccc(OCCO)cc3)C3=CCn4c(=O)n(-c5ccccc5)c(=O)n4C3CC12Cl. The van der Waals surface area contributed by atoms with Gasteiger partial charge in [-0.1, -0.05) is 36.4 Å². The lowest BCUT2D eigenvalue weighted by Gasteiger charge is -2.49. The fourth-order valence-corrected chi connectivity index (χ4v) is 7.84. The number of halogens is 7. The molecule has 0 bridgehead atoms. The fourth-order valence-electron chi connectivity index (χ4n) is 6.92. The third kappa shape index (κ3) is 4.34. The molecule has 1 N–H and O–H groups in total. The highest BCUT2D eigenvalue weighted by Crippen LogP contribution is 2.64. The highest BCUT2D eigenvalue weighted by atomic mass is 35.5. The number of imide groups is 1. The van der Waals surface area contributed by atoms with Gasteiger partial charge < -0.3 is 9.84 Å². The average Bonchev–Trinajstić information content (AvgIpc) is 3.44. The smallest absolute Gasteiger partial charge is 0.352 e. The Kier molecular flexibility index (Phi) is 7.65. The van der Waals surface area contributed by atoms with Gasteiger partial charge in [0.25, 0.3) is 11.8 Å². The van der Waals surface area contributed by atoms with Crippen molar-refractivity contribution in [2.75, 3.05) is 18.1 Å². The fraction of sp³-hybridized carbons (Fsp3) is 0.250. The first-order valence-electron chi connectivity index (χ1n) is 14.6. The van der Waals surface area contributed by atoms with Crippen LogP contribution in [0.1, 0.15) is 23.9 Å². The number of allylic oxidation sites excluding steroid dienone is 2. The van der Waals surface area contributed by atoms with Gasteiger partial charge in [0.2, 0.25) is 5.82 Å². The summed E-state index contributed by atoms with van der Waals surface area (Å²) in [5.74, 6) is -16.7. The maximum Gasteiger partial charge on any atom is 0.352 e. The Morgan fingerprint density at radius 3 is 2.04 bits per heavy atom. The van der Waals surface area contributed by atoms with E-state index in [9.17, 15) is 32.3 Å².